The van der Waals surface area contributed by atoms with Gasteiger partial charge in [-0.15, -0.1) is 0 Å². The quantitative estimate of drug-likeness (QED) is 0.753. The highest BCUT2D eigenvalue weighted by Gasteiger charge is 2.10. The van der Waals surface area contributed by atoms with Crippen molar-refractivity contribution in [1.82, 2.24) is 25.5 Å². The molecule has 0 fully saturated rings. The molecule has 3 rings (SSSR count). The maximum absolute atomic E-state index is 4.15. The molecule has 0 aliphatic rings. The van der Waals surface area contributed by atoms with Crippen LogP contribution in [0, 0.1) is 0 Å². The molecule has 0 saturated heterocycles. The summed E-state index contributed by atoms with van der Waals surface area (Å²) in [4.78, 5) is 8.30. The highest BCUT2D eigenvalue weighted by Crippen LogP contribution is 2.20. The molecule has 2 N–H and O–H groups in total. The van der Waals surface area contributed by atoms with Gasteiger partial charge in [-0.3, -0.25) is 15.1 Å². The van der Waals surface area contributed by atoms with Crippen molar-refractivity contribution in [3.05, 3.63) is 66.4 Å². The minimum atomic E-state index is 0.232. The lowest BCUT2D eigenvalue weighted by Crippen LogP contribution is -2.18. The lowest BCUT2D eigenvalue weighted by molar-refractivity contribution is 0.573. The van der Waals surface area contributed by atoms with Crippen molar-refractivity contribution in [1.29, 1.82) is 0 Å². The van der Waals surface area contributed by atoms with E-state index in [1.54, 1.807) is 12.4 Å². The smallest absolute Gasteiger partial charge is 0.0710 e. The number of pyridine rings is 2. The SMILES string of the molecule is C[C@H](NCc1cn[nH]c1-c1cccnc1)c1cccnc1. The van der Waals surface area contributed by atoms with Crippen molar-refractivity contribution >= 4 is 0 Å². The van der Waals surface area contributed by atoms with E-state index < -0.39 is 0 Å². The standard InChI is InChI=1S/C16H17N5/c1-12(13-4-2-6-17-8-13)19-10-15-11-20-21-16(15)14-5-3-7-18-9-14/h2-9,11-12,19H,10H2,1H3,(H,20,21)/t12-/m0/s1. The average molecular weight is 279 g/mol. The van der Waals surface area contributed by atoms with E-state index >= 15 is 0 Å². The van der Waals surface area contributed by atoms with Gasteiger partial charge in [-0.2, -0.15) is 5.10 Å². The first-order chi connectivity index (χ1) is 10.3. The molecule has 0 aliphatic carbocycles. The maximum Gasteiger partial charge on any atom is 0.0710 e. The fraction of sp³-hybridized carbons (Fsp3) is 0.188. The third kappa shape index (κ3) is 3.14. The van der Waals surface area contributed by atoms with Crippen molar-refractivity contribution in [3.8, 4) is 11.3 Å². The molecule has 3 heterocycles. The van der Waals surface area contributed by atoms with E-state index in [0.29, 0.717) is 0 Å². The summed E-state index contributed by atoms with van der Waals surface area (Å²) in [5, 5.41) is 10.7. The zero-order valence-electron chi connectivity index (χ0n) is 11.8. The van der Waals surface area contributed by atoms with E-state index in [0.717, 1.165) is 23.4 Å². The molecule has 3 aromatic heterocycles. The van der Waals surface area contributed by atoms with Gasteiger partial charge in [0.1, 0.15) is 0 Å². The normalized spacial score (nSPS) is 12.2. The van der Waals surface area contributed by atoms with Crippen molar-refractivity contribution in [2.45, 2.75) is 19.5 Å². The Hall–Kier alpha value is -2.53. The molecule has 1 atom stereocenters. The third-order valence-electron chi connectivity index (χ3n) is 3.45. The lowest BCUT2D eigenvalue weighted by atomic mass is 10.1. The summed E-state index contributed by atoms with van der Waals surface area (Å²) in [6.07, 6.45) is 9.12. The summed E-state index contributed by atoms with van der Waals surface area (Å²) in [7, 11) is 0. The van der Waals surface area contributed by atoms with Gasteiger partial charge in [-0.05, 0) is 30.7 Å². The van der Waals surface area contributed by atoms with Gasteiger partial charge in [-0.1, -0.05) is 6.07 Å². The molecular weight excluding hydrogens is 262 g/mol. The minimum Gasteiger partial charge on any atom is -0.306 e. The van der Waals surface area contributed by atoms with Crippen LogP contribution in [-0.2, 0) is 6.54 Å². The van der Waals surface area contributed by atoms with Crippen LogP contribution in [0.5, 0.6) is 0 Å². The zero-order valence-corrected chi connectivity index (χ0v) is 11.8. The first kappa shape index (κ1) is 13.5. The third-order valence-corrected chi connectivity index (χ3v) is 3.45. The number of aromatic amines is 1. The van der Waals surface area contributed by atoms with Crippen LogP contribution < -0.4 is 5.32 Å². The Morgan fingerprint density at radius 1 is 1.10 bits per heavy atom. The molecule has 0 aromatic carbocycles. The average Bonchev–Trinajstić information content (AvgIpc) is 3.03. The topological polar surface area (TPSA) is 66.5 Å². The Kier molecular flexibility index (Phi) is 4.02. The van der Waals surface area contributed by atoms with Crippen LogP contribution in [0.25, 0.3) is 11.3 Å². The fourth-order valence-corrected chi connectivity index (χ4v) is 2.22. The molecule has 5 heteroatoms. The Bertz CT molecular complexity index is 678. The second-order valence-corrected chi connectivity index (χ2v) is 4.90. The van der Waals surface area contributed by atoms with Crippen molar-refractivity contribution in [2.24, 2.45) is 0 Å². The molecule has 0 spiro atoms. The van der Waals surface area contributed by atoms with E-state index in [4.69, 9.17) is 0 Å². The summed E-state index contributed by atoms with van der Waals surface area (Å²) in [6, 6.07) is 8.20. The van der Waals surface area contributed by atoms with Crippen LogP contribution in [-0.4, -0.2) is 20.2 Å². The molecule has 3 aromatic rings. The van der Waals surface area contributed by atoms with E-state index in [9.17, 15) is 0 Å². The first-order valence-electron chi connectivity index (χ1n) is 6.90. The maximum atomic E-state index is 4.15. The Labute approximate surface area is 123 Å². The van der Waals surface area contributed by atoms with Gasteiger partial charge in [0, 0.05) is 48.5 Å². The van der Waals surface area contributed by atoms with Gasteiger partial charge >= 0.3 is 0 Å². The summed E-state index contributed by atoms with van der Waals surface area (Å²) in [5.41, 5.74) is 4.34. The number of rotatable bonds is 5. The number of hydrogen-bond acceptors (Lipinski definition) is 4. The number of aromatic nitrogens is 4. The van der Waals surface area contributed by atoms with E-state index in [2.05, 4.69) is 38.5 Å². The first-order valence-corrected chi connectivity index (χ1v) is 6.90. The predicted molar refractivity (Wildman–Crippen MR) is 81.3 cm³/mol. The Morgan fingerprint density at radius 2 is 1.90 bits per heavy atom. The number of nitrogens with one attached hydrogen (secondary N) is 2. The van der Waals surface area contributed by atoms with Gasteiger partial charge in [0.05, 0.1) is 11.9 Å². The molecule has 21 heavy (non-hydrogen) atoms. The van der Waals surface area contributed by atoms with Crippen LogP contribution in [0.4, 0.5) is 0 Å². The fourth-order valence-electron chi connectivity index (χ4n) is 2.22. The number of H-pyrrole nitrogens is 1. The van der Waals surface area contributed by atoms with Crippen molar-refractivity contribution < 1.29 is 0 Å². The van der Waals surface area contributed by atoms with Crippen LogP contribution in [0.3, 0.4) is 0 Å². The monoisotopic (exact) mass is 279 g/mol. The van der Waals surface area contributed by atoms with Crippen LogP contribution in [0.2, 0.25) is 0 Å². The van der Waals surface area contributed by atoms with Crippen molar-refractivity contribution in [3.63, 3.8) is 0 Å². The van der Waals surface area contributed by atoms with Gasteiger partial charge in [0.25, 0.3) is 0 Å². The number of nitrogens with zero attached hydrogens (tertiary/aromatic N) is 3. The van der Waals surface area contributed by atoms with Crippen LogP contribution >= 0.6 is 0 Å². The second-order valence-electron chi connectivity index (χ2n) is 4.90. The second kappa shape index (κ2) is 6.28. The summed E-state index contributed by atoms with van der Waals surface area (Å²) in [5.74, 6) is 0. The van der Waals surface area contributed by atoms with Gasteiger partial charge in [-0.25, -0.2) is 0 Å². The van der Waals surface area contributed by atoms with Gasteiger partial charge in [0.15, 0.2) is 0 Å². The van der Waals surface area contributed by atoms with E-state index in [1.807, 2.05) is 36.8 Å². The van der Waals surface area contributed by atoms with Gasteiger partial charge in [0.2, 0.25) is 0 Å². The molecule has 106 valence electrons. The predicted octanol–water partition coefficient (Wildman–Crippen LogP) is 2.72. The summed E-state index contributed by atoms with van der Waals surface area (Å²) in [6.45, 7) is 2.86. The largest absolute Gasteiger partial charge is 0.306 e. The lowest BCUT2D eigenvalue weighted by Gasteiger charge is -2.13. The highest BCUT2D eigenvalue weighted by atomic mass is 15.1. The molecule has 0 aliphatic heterocycles. The molecule has 0 bridgehead atoms. The molecule has 0 unspecified atom stereocenters. The zero-order chi connectivity index (χ0) is 14.5. The highest BCUT2D eigenvalue weighted by molar-refractivity contribution is 5.61. The van der Waals surface area contributed by atoms with Crippen LogP contribution in [0.15, 0.2) is 55.2 Å². The summed E-state index contributed by atoms with van der Waals surface area (Å²) >= 11 is 0. The Balaban J connectivity index is 1.71. The van der Waals surface area contributed by atoms with E-state index in [1.165, 1.54) is 5.56 Å². The summed E-state index contributed by atoms with van der Waals surface area (Å²) < 4.78 is 0. The minimum absolute atomic E-state index is 0.232. The molecule has 0 radical (unpaired) electrons. The van der Waals surface area contributed by atoms with Gasteiger partial charge < -0.3 is 5.32 Å². The molecule has 5 nitrogen and oxygen atoms in total. The Morgan fingerprint density at radius 3 is 2.62 bits per heavy atom. The van der Waals surface area contributed by atoms with Crippen molar-refractivity contribution in [2.75, 3.05) is 0 Å². The number of hydrogen-bond donors (Lipinski definition) is 2. The molecule has 0 amide bonds. The van der Waals surface area contributed by atoms with E-state index in [-0.39, 0.29) is 6.04 Å². The molecule has 0 saturated carbocycles. The van der Waals surface area contributed by atoms with Crippen LogP contribution in [0.1, 0.15) is 24.1 Å². The molecular formula is C16H17N5.